The Hall–Kier alpha value is -2.64. The average Bonchev–Trinajstić information content (AvgIpc) is 2.98. The molecule has 146 valence electrons. The number of hydrogen-bond acceptors (Lipinski definition) is 6. The number of carbonyl (C=O) groups excluding carboxylic acids is 1. The normalized spacial score (nSPS) is 14.9. The molecule has 0 aromatic heterocycles. The summed E-state index contributed by atoms with van der Waals surface area (Å²) in [5, 5.41) is 10.4. The number of nitrogens with one attached hydrogen (secondary N) is 2. The second-order valence-electron chi connectivity index (χ2n) is 5.89. The molecule has 0 bridgehead atoms. The van der Waals surface area contributed by atoms with Crippen LogP contribution in [0, 0.1) is 12.3 Å². The molecule has 6 nitrogen and oxygen atoms in total. The van der Waals surface area contributed by atoms with Crippen molar-refractivity contribution in [2.24, 2.45) is 0 Å². The molecule has 8 heteroatoms. The van der Waals surface area contributed by atoms with Crippen LogP contribution < -0.4 is 19.5 Å². The number of carbonyl (C=O) groups is 1. The van der Waals surface area contributed by atoms with Crippen molar-refractivity contribution in [1.82, 2.24) is 5.32 Å². The minimum Gasteiger partial charge on any atom is -0.493 e. The van der Waals surface area contributed by atoms with E-state index in [-0.39, 0.29) is 11.1 Å². The predicted octanol–water partition coefficient (Wildman–Crippen LogP) is 4.25. The third kappa shape index (κ3) is 4.79. The Labute approximate surface area is 172 Å². The van der Waals surface area contributed by atoms with Gasteiger partial charge in [-0.2, -0.15) is 0 Å². The van der Waals surface area contributed by atoms with Gasteiger partial charge in [-0.05, 0) is 54.1 Å². The van der Waals surface area contributed by atoms with Crippen molar-refractivity contribution in [2.45, 2.75) is 6.92 Å². The molecule has 1 aliphatic heterocycles. The maximum atomic E-state index is 11.8. The summed E-state index contributed by atoms with van der Waals surface area (Å²) in [7, 11) is 1.52. The zero-order chi connectivity index (χ0) is 20.1. The third-order valence-electron chi connectivity index (χ3n) is 3.89. The van der Waals surface area contributed by atoms with Gasteiger partial charge in [0.2, 0.25) is 0 Å². The van der Waals surface area contributed by atoms with Gasteiger partial charge in [0.1, 0.15) is 19.0 Å². The van der Waals surface area contributed by atoms with Crippen LogP contribution in [0.1, 0.15) is 11.1 Å². The van der Waals surface area contributed by atoms with Gasteiger partial charge < -0.3 is 19.5 Å². The van der Waals surface area contributed by atoms with Crippen LogP contribution in [0.3, 0.4) is 0 Å². The smallest absolute Gasteiger partial charge is 0.264 e. The quantitative estimate of drug-likeness (QED) is 0.519. The van der Waals surface area contributed by atoms with E-state index in [1.165, 1.54) is 7.11 Å². The molecular formula is C20H19ClN2O4S. The Morgan fingerprint density at radius 3 is 2.61 bits per heavy atom. The number of benzene rings is 2. The number of amides is 1. The highest BCUT2D eigenvalue weighted by Crippen LogP contribution is 2.38. The SMILES string of the molecule is COc1cc(C=C2SC(=N)NC2=O)cc(Cl)c1OCCOc1ccccc1C. The lowest BCUT2D eigenvalue weighted by molar-refractivity contribution is -0.115. The highest BCUT2D eigenvalue weighted by atomic mass is 35.5. The molecule has 2 aromatic carbocycles. The molecule has 1 heterocycles. The number of aryl methyl sites for hydroxylation is 1. The monoisotopic (exact) mass is 418 g/mol. The first-order valence-corrected chi connectivity index (χ1v) is 9.65. The van der Waals surface area contributed by atoms with E-state index in [1.807, 2.05) is 31.2 Å². The zero-order valence-corrected chi connectivity index (χ0v) is 16.9. The van der Waals surface area contributed by atoms with E-state index in [1.54, 1.807) is 18.2 Å². The maximum Gasteiger partial charge on any atom is 0.264 e. The molecule has 1 amide bonds. The number of thioether (sulfide) groups is 1. The Morgan fingerprint density at radius 2 is 1.93 bits per heavy atom. The fourth-order valence-corrected chi connectivity index (χ4v) is 3.55. The number of ether oxygens (including phenoxy) is 3. The topological polar surface area (TPSA) is 80.6 Å². The molecule has 0 aliphatic carbocycles. The minimum absolute atomic E-state index is 0.0999. The van der Waals surface area contributed by atoms with Crippen LogP contribution in [-0.4, -0.2) is 31.4 Å². The van der Waals surface area contributed by atoms with Gasteiger partial charge in [-0.15, -0.1) is 0 Å². The van der Waals surface area contributed by atoms with Gasteiger partial charge >= 0.3 is 0 Å². The number of amidine groups is 1. The zero-order valence-electron chi connectivity index (χ0n) is 15.4. The summed E-state index contributed by atoms with van der Waals surface area (Å²) in [6.45, 7) is 2.63. The van der Waals surface area contributed by atoms with Crippen LogP contribution in [0.2, 0.25) is 5.02 Å². The van der Waals surface area contributed by atoms with E-state index < -0.39 is 0 Å². The summed E-state index contributed by atoms with van der Waals surface area (Å²) in [6.07, 6.45) is 1.65. The number of methoxy groups -OCH3 is 1. The van der Waals surface area contributed by atoms with E-state index >= 15 is 0 Å². The van der Waals surface area contributed by atoms with Crippen LogP contribution in [-0.2, 0) is 4.79 Å². The molecule has 0 unspecified atom stereocenters. The molecule has 2 aromatic rings. The summed E-state index contributed by atoms with van der Waals surface area (Å²) in [6, 6.07) is 11.2. The predicted molar refractivity (Wildman–Crippen MR) is 112 cm³/mol. The van der Waals surface area contributed by atoms with E-state index in [0.29, 0.717) is 40.2 Å². The summed E-state index contributed by atoms with van der Waals surface area (Å²) in [4.78, 5) is 12.2. The largest absolute Gasteiger partial charge is 0.493 e. The summed E-state index contributed by atoms with van der Waals surface area (Å²) >= 11 is 7.42. The number of para-hydroxylation sites is 1. The molecule has 0 spiro atoms. The first-order chi connectivity index (χ1) is 13.5. The summed E-state index contributed by atoms with van der Waals surface area (Å²) in [5.41, 5.74) is 1.73. The van der Waals surface area contributed by atoms with Crippen LogP contribution >= 0.6 is 23.4 Å². The lowest BCUT2D eigenvalue weighted by atomic mass is 10.2. The van der Waals surface area contributed by atoms with Crippen molar-refractivity contribution in [2.75, 3.05) is 20.3 Å². The third-order valence-corrected chi connectivity index (χ3v) is 5.00. The molecule has 1 saturated heterocycles. The van der Waals surface area contributed by atoms with Crippen molar-refractivity contribution >= 4 is 40.5 Å². The van der Waals surface area contributed by atoms with Gasteiger partial charge in [0.25, 0.3) is 5.91 Å². The highest BCUT2D eigenvalue weighted by Gasteiger charge is 2.22. The Bertz CT molecular complexity index is 946. The maximum absolute atomic E-state index is 11.8. The van der Waals surface area contributed by atoms with Crippen molar-refractivity contribution in [1.29, 1.82) is 5.41 Å². The van der Waals surface area contributed by atoms with Crippen LogP contribution in [0.5, 0.6) is 17.2 Å². The average molecular weight is 419 g/mol. The lowest BCUT2D eigenvalue weighted by Crippen LogP contribution is -2.18. The molecule has 2 N–H and O–H groups in total. The molecule has 28 heavy (non-hydrogen) atoms. The Balaban J connectivity index is 1.68. The molecule has 1 aliphatic rings. The van der Waals surface area contributed by atoms with E-state index in [2.05, 4.69) is 5.32 Å². The van der Waals surface area contributed by atoms with Crippen molar-refractivity contribution in [3.8, 4) is 17.2 Å². The first kappa shape index (κ1) is 20.1. The molecule has 0 radical (unpaired) electrons. The van der Waals surface area contributed by atoms with E-state index in [4.69, 9.17) is 31.2 Å². The van der Waals surface area contributed by atoms with Gasteiger partial charge in [-0.1, -0.05) is 29.8 Å². The molecule has 0 saturated carbocycles. The second-order valence-corrected chi connectivity index (χ2v) is 7.35. The molecule has 0 atom stereocenters. The second kappa shape index (κ2) is 9.03. The van der Waals surface area contributed by atoms with E-state index in [0.717, 1.165) is 23.1 Å². The van der Waals surface area contributed by atoms with Gasteiger partial charge in [0.15, 0.2) is 16.7 Å². The Kier molecular flexibility index (Phi) is 6.49. The number of halogens is 1. The van der Waals surface area contributed by atoms with Gasteiger partial charge in [0.05, 0.1) is 17.0 Å². The van der Waals surface area contributed by atoms with Gasteiger partial charge in [-0.25, -0.2) is 0 Å². The van der Waals surface area contributed by atoms with Crippen LogP contribution in [0.25, 0.3) is 6.08 Å². The molecule has 1 fully saturated rings. The summed E-state index contributed by atoms with van der Waals surface area (Å²) < 4.78 is 16.9. The minimum atomic E-state index is -0.307. The summed E-state index contributed by atoms with van der Waals surface area (Å²) in [5.74, 6) is 1.37. The van der Waals surface area contributed by atoms with Gasteiger partial charge in [0, 0.05) is 0 Å². The fraction of sp³-hybridized carbons (Fsp3) is 0.200. The molecule has 3 rings (SSSR count). The lowest BCUT2D eigenvalue weighted by Gasteiger charge is -2.14. The van der Waals surface area contributed by atoms with E-state index in [9.17, 15) is 4.79 Å². The first-order valence-electron chi connectivity index (χ1n) is 8.46. The van der Waals surface area contributed by atoms with Crippen LogP contribution in [0.4, 0.5) is 0 Å². The van der Waals surface area contributed by atoms with Crippen molar-refractivity contribution < 1.29 is 19.0 Å². The standard InChI is InChI=1S/C20H19ClN2O4S/c1-12-5-3-4-6-15(12)26-7-8-27-18-14(21)9-13(10-16(18)25-2)11-17-19(24)23-20(22)28-17/h3-6,9-11H,7-8H2,1-2H3,(H2,22,23,24). The Morgan fingerprint density at radius 1 is 1.18 bits per heavy atom. The number of rotatable bonds is 7. The van der Waals surface area contributed by atoms with Crippen molar-refractivity contribution in [3.05, 3.63) is 57.5 Å². The van der Waals surface area contributed by atoms with Crippen LogP contribution in [0.15, 0.2) is 41.3 Å². The number of hydrogen-bond donors (Lipinski definition) is 2. The van der Waals surface area contributed by atoms with Crippen molar-refractivity contribution in [3.63, 3.8) is 0 Å². The highest BCUT2D eigenvalue weighted by molar-refractivity contribution is 8.18. The van der Waals surface area contributed by atoms with Gasteiger partial charge in [-0.3, -0.25) is 10.2 Å². The fourth-order valence-electron chi connectivity index (χ4n) is 2.57. The molecular weight excluding hydrogens is 400 g/mol.